The summed E-state index contributed by atoms with van der Waals surface area (Å²) in [6, 6.07) is 0. The van der Waals surface area contributed by atoms with Gasteiger partial charge in [0, 0.05) is 24.5 Å². The summed E-state index contributed by atoms with van der Waals surface area (Å²) in [7, 11) is -2.95. The van der Waals surface area contributed by atoms with E-state index in [1.54, 1.807) is 0 Å². The number of nitrogens with zero attached hydrogens (tertiary/aromatic N) is 3. The van der Waals surface area contributed by atoms with Crippen LogP contribution in [0.25, 0.3) is 0 Å². The average molecular weight is 325 g/mol. The van der Waals surface area contributed by atoms with Crippen LogP contribution in [0.3, 0.4) is 0 Å². The highest BCUT2D eigenvalue weighted by molar-refractivity contribution is 7.91. The van der Waals surface area contributed by atoms with Crippen LogP contribution in [0.4, 0.5) is 5.95 Å². The molecule has 1 fully saturated rings. The number of sulfone groups is 1. The maximum Gasteiger partial charge on any atom is 0.225 e. The maximum atomic E-state index is 11.9. The predicted molar refractivity (Wildman–Crippen MR) is 90.1 cm³/mol. The molecule has 124 valence electrons. The second kappa shape index (κ2) is 6.52. The molecule has 1 aliphatic rings. The molecule has 0 N–H and O–H groups in total. The second-order valence-electron chi connectivity index (χ2n) is 6.94. The summed E-state index contributed by atoms with van der Waals surface area (Å²) in [5, 5.41) is 0. The molecule has 2 rings (SSSR count). The molecule has 0 bridgehead atoms. The minimum absolute atomic E-state index is 0.104. The van der Waals surface area contributed by atoms with E-state index < -0.39 is 9.84 Å². The molecule has 6 heteroatoms. The van der Waals surface area contributed by atoms with Gasteiger partial charge in [0.2, 0.25) is 5.95 Å². The van der Waals surface area contributed by atoms with E-state index in [-0.39, 0.29) is 17.4 Å². The van der Waals surface area contributed by atoms with Crippen molar-refractivity contribution in [3.63, 3.8) is 0 Å². The Morgan fingerprint density at radius 2 is 1.82 bits per heavy atom. The van der Waals surface area contributed by atoms with E-state index in [4.69, 9.17) is 0 Å². The smallest absolute Gasteiger partial charge is 0.225 e. The van der Waals surface area contributed by atoms with Gasteiger partial charge in [-0.25, -0.2) is 18.4 Å². The van der Waals surface area contributed by atoms with Gasteiger partial charge in [0.15, 0.2) is 9.84 Å². The molecule has 0 spiro atoms. The Kier molecular flexibility index (Phi) is 5.10. The number of aryl methyl sites for hydroxylation is 2. The Balaban J connectivity index is 2.29. The minimum Gasteiger partial charge on any atom is -0.339 e. The lowest BCUT2D eigenvalue weighted by Gasteiger charge is -2.23. The first-order valence-corrected chi connectivity index (χ1v) is 9.79. The summed E-state index contributed by atoms with van der Waals surface area (Å²) in [5.41, 5.74) is 3.24. The first-order valence-electron chi connectivity index (χ1n) is 7.97. The molecule has 5 nitrogen and oxygen atoms in total. The summed E-state index contributed by atoms with van der Waals surface area (Å²) >= 11 is 0. The molecule has 0 radical (unpaired) electrons. The van der Waals surface area contributed by atoms with E-state index >= 15 is 0 Å². The first kappa shape index (κ1) is 17.2. The summed E-state index contributed by atoms with van der Waals surface area (Å²) in [4.78, 5) is 11.3. The van der Waals surface area contributed by atoms with Crippen LogP contribution < -0.4 is 4.90 Å². The third kappa shape index (κ3) is 4.18. The van der Waals surface area contributed by atoms with Crippen molar-refractivity contribution < 1.29 is 8.42 Å². The maximum absolute atomic E-state index is 11.9. The molecule has 2 heterocycles. The molecule has 22 heavy (non-hydrogen) atoms. The molecule has 1 saturated heterocycles. The highest BCUT2D eigenvalue weighted by Gasteiger charge is 2.26. The number of anilines is 1. The molecule has 1 aliphatic heterocycles. The summed E-state index contributed by atoms with van der Waals surface area (Å²) in [6.45, 7) is 11.6. The fourth-order valence-electron chi connectivity index (χ4n) is 3.03. The molecule has 0 amide bonds. The lowest BCUT2D eigenvalue weighted by atomic mass is 10.0. The first-order chi connectivity index (χ1) is 10.2. The van der Waals surface area contributed by atoms with Crippen LogP contribution in [0, 0.1) is 25.7 Å². The van der Waals surface area contributed by atoms with Gasteiger partial charge >= 0.3 is 0 Å². The van der Waals surface area contributed by atoms with E-state index in [2.05, 4.69) is 23.8 Å². The molecular weight excluding hydrogens is 298 g/mol. The Morgan fingerprint density at radius 3 is 2.36 bits per heavy atom. The lowest BCUT2D eigenvalue weighted by molar-refractivity contribution is 0.580. The van der Waals surface area contributed by atoms with Gasteiger partial charge in [-0.1, -0.05) is 20.8 Å². The summed E-state index contributed by atoms with van der Waals surface area (Å²) in [5.74, 6) is 1.79. The normalized spacial score (nSPS) is 21.9. The second-order valence-corrected chi connectivity index (χ2v) is 9.17. The van der Waals surface area contributed by atoms with Crippen molar-refractivity contribution >= 4 is 15.8 Å². The third-order valence-corrected chi connectivity index (χ3v) is 5.93. The average Bonchev–Trinajstić information content (AvgIpc) is 2.50. The molecule has 1 unspecified atom stereocenters. The largest absolute Gasteiger partial charge is 0.339 e. The van der Waals surface area contributed by atoms with Crippen LogP contribution in [0.5, 0.6) is 0 Å². The van der Waals surface area contributed by atoms with Crippen LogP contribution in [-0.2, 0) is 16.3 Å². The fourth-order valence-corrected chi connectivity index (χ4v) is 4.67. The number of rotatable bonds is 3. The zero-order chi connectivity index (χ0) is 16.5. The van der Waals surface area contributed by atoms with Crippen molar-refractivity contribution in [1.82, 2.24) is 9.97 Å². The molecular formula is C16H27N3O2S. The topological polar surface area (TPSA) is 63.2 Å². The van der Waals surface area contributed by atoms with Gasteiger partial charge in [0.1, 0.15) is 0 Å². The van der Waals surface area contributed by atoms with Crippen molar-refractivity contribution in [2.24, 2.45) is 11.8 Å². The molecule has 1 aromatic rings. The third-order valence-electron chi connectivity index (χ3n) is 4.05. The van der Waals surface area contributed by atoms with Crippen molar-refractivity contribution in [2.75, 3.05) is 29.5 Å². The molecule has 0 aromatic carbocycles. The Morgan fingerprint density at radius 1 is 1.23 bits per heavy atom. The van der Waals surface area contributed by atoms with Crippen molar-refractivity contribution in [3.05, 3.63) is 17.0 Å². The van der Waals surface area contributed by atoms with Gasteiger partial charge in [-0.15, -0.1) is 0 Å². The van der Waals surface area contributed by atoms with E-state index in [9.17, 15) is 8.42 Å². The SMILES string of the molecule is Cc1nc(N2CCS(=O)(=O)CC(C)C2)nc(C)c1CC(C)C. The van der Waals surface area contributed by atoms with E-state index in [1.165, 1.54) is 5.56 Å². The van der Waals surface area contributed by atoms with Crippen LogP contribution in [-0.4, -0.2) is 43.0 Å². The van der Waals surface area contributed by atoms with Gasteiger partial charge < -0.3 is 4.90 Å². The lowest BCUT2D eigenvalue weighted by Crippen LogP contribution is -2.31. The number of aromatic nitrogens is 2. The van der Waals surface area contributed by atoms with Crippen molar-refractivity contribution in [3.8, 4) is 0 Å². The Hall–Kier alpha value is -1.17. The van der Waals surface area contributed by atoms with Crippen LogP contribution in [0.15, 0.2) is 0 Å². The van der Waals surface area contributed by atoms with Gasteiger partial charge in [0.25, 0.3) is 0 Å². The van der Waals surface area contributed by atoms with E-state index in [0.29, 0.717) is 25.0 Å². The molecule has 1 atom stereocenters. The van der Waals surface area contributed by atoms with E-state index in [1.807, 2.05) is 25.7 Å². The Bertz CT molecular complexity index is 618. The van der Waals surface area contributed by atoms with Gasteiger partial charge in [0.05, 0.1) is 11.5 Å². The van der Waals surface area contributed by atoms with Crippen LogP contribution in [0.2, 0.25) is 0 Å². The molecule has 0 saturated carbocycles. The summed E-state index contributed by atoms with van der Waals surface area (Å²) in [6.07, 6.45) is 0.975. The van der Waals surface area contributed by atoms with Crippen molar-refractivity contribution in [1.29, 1.82) is 0 Å². The zero-order valence-electron chi connectivity index (χ0n) is 14.3. The standard InChI is InChI=1S/C16H27N3O2S/c1-11(2)8-15-13(4)17-16(18-14(15)5)19-6-7-22(20,21)10-12(3)9-19/h11-12H,6-10H2,1-5H3. The predicted octanol–water partition coefficient (Wildman–Crippen LogP) is 2.16. The Labute approximate surface area is 134 Å². The van der Waals surface area contributed by atoms with Crippen molar-refractivity contribution in [2.45, 2.75) is 41.0 Å². The highest BCUT2D eigenvalue weighted by Crippen LogP contribution is 2.21. The van der Waals surface area contributed by atoms with Gasteiger partial charge in [-0.2, -0.15) is 0 Å². The number of hydrogen-bond donors (Lipinski definition) is 0. The number of hydrogen-bond acceptors (Lipinski definition) is 5. The van der Waals surface area contributed by atoms with Gasteiger partial charge in [-0.05, 0) is 37.7 Å². The zero-order valence-corrected chi connectivity index (χ0v) is 15.1. The van der Waals surface area contributed by atoms with Crippen LogP contribution >= 0.6 is 0 Å². The quantitative estimate of drug-likeness (QED) is 0.852. The van der Waals surface area contributed by atoms with Gasteiger partial charge in [-0.3, -0.25) is 0 Å². The highest BCUT2D eigenvalue weighted by atomic mass is 32.2. The monoisotopic (exact) mass is 325 g/mol. The fraction of sp³-hybridized carbons (Fsp3) is 0.750. The van der Waals surface area contributed by atoms with E-state index in [0.717, 1.165) is 17.8 Å². The van der Waals surface area contributed by atoms with Crippen LogP contribution in [0.1, 0.15) is 37.7 Å². The molecule has 1 aromatic heterocycles. The molecule has 0 aliphatic carbocycles. The minimum atomic E-state index is -2.95. The summed E-state index contributed by atoms with van der Waals surface area (Å²) < 4.78 is 23.8.